The fourth-order valence-electron chi connectivity index (χ4n) is 2.03. The first-order chi connectivity index (χ1) is 10.6. The molecule has 2 rings (SSSR count). The van der Waals surface area contributed by atoms with Gasteiger partial charge in [-0.2, -0.15) is 0 Å². The van der Waals surface area contributed by atoms with Crippen LogP contribution in [0.1, 0.15) is 23.7 Å². The van der Waals surface area contributed by atoms with Crippen LogP contribution in [0.25, 0.3) is 0 Å². The van der Waals surface area contributed by atoms with Gasteiger partial charge in [0.25, 0.3) is 0 Å². The van der Waals surface area contributed by atoms with Crippen molar-refractivity contribution >= 4 is 17.8 Å². The van der Waals surface area contributed by atoms with Crippen LogP contribution < -0.4 is 5.32 Å². The number of anilines is 1. The third-order valence-corrected chi connectivity index (χ3v) is 3.67. The summed E-state index contributed by atoms with van der Waals surface area (Å²) in [7, 11) is 2.00. The van der Waals surface area contributed by atoms with E-state index in [1.165, 1.54) is 11.1 Å². The van der Waals surface area contributed by atoms with Crippen LogP contribution in [0.2, 0.25) is 0 Å². The predicted molar refractivity (Wildman–Crippen MR) is 93.9 cm³/mol. The summed E-state index contributed by atoms with van der Waals surface area (Å²) in [5.74, 6) is 0.878. The third-order valence-electron chi connectivity index (χ3n) is 3.67. The molecule has 4 heteroatoms. The molecule has 1 aromatic carbocycles. The average molecular weight is 296 g/mol. The molecule has 0 fully saturated rings. The highest BCUT2D eigenvalue weighted by molar-refractivity contribution is 5.62. The van der Waals surface area contributed by atoms with Crippen LogP contribution in [-0.2, 0) is 6.54 Å². The number of hydrogen-bond acceptors (Lipinski definition) is 3. The molecule has 1 N–H and O–H groups in total. The monoisotopic (exact) mass is 296 g/mol. The largest absolute Gasteiger partial charge is 0.366 e. The second-order valence-corrected chi connectivity index (χ2v) is 5.40. The van der Waals surface area contributed by atoms with Crippen LogP contribution in [0.4, 0.5) is 11.5 Å². The maximum atomic E-state index is 4.58. The molecule has 0 amide bonds. The van der Waals surface area contributed by atoms with E-state index in [4.69, 9.17) is 0 Å². The van der Waals surface area contributed by atoms with Crippen molar-refractivity contribution in [1.29, 1.82) is 0 Å². The van der Waals surface area contributed by atoms with Gasteiger partial charge in [0, 0.05) is 20.1 Å². The van der Waals surface area contributed by atoms with Gasteiger partial charge in [0.1, 0.15) is 5.82 Å². The quantitative estimate of drug-likeness (QED) is 0.649. The summed E-state index contributed by atoms with van der Waals surface area (Å²) in [5, 5.41) is 3.37. The molecule has 4 nitrogen and oxygen atoms in total. The molecule has 22 heavy (non-hydrogen) atoms. The Balaban J connectivity index is 2.03. The molecule has 116 valence electrons. The van der Waals surface area contributed by atoms with Gasteiger partial charge in [0.15, 0.2) is 0 Å². The number of rotatable bonds is 6. The maximum absolute atomic E-state index is 4.58. The van der Waals surface area contributed by atoms with E-state index in [1.54, 1.807) is 0 Å². The molecule has 0 aliphatic rings. The number of benzene rings is 1. The van der Waals surface area contributed by atoms with Crippen LogP contribution in [0.3, 0.4) is 0 Å². The van der Waals surface area contributed by atoms with E-state index >= 15 is 0 Å². The number of pyridine rings is 1. The molecule has 0 unspecified atom stereocenters. The summed E-state index contributed by atoms with van der Waals surface area (Å²) in [6, 6.07) is 12.4. The van der Waals surface area contributed by atoms with Gasteiger partial charge < -0.3 is 10.2 Å². The zero-order valence-corrected chi connectivity index (χ0v) is 13.8. The van der Waals surface area contributed by atoms with Gasteiger partial charge in [-0.15, -0.1) is 0 Å². The number of aliphatic imine (C=N–C) groups is 1. The summed E-state index contributed by atoms with van der Waals surface area (Å²) in [4.78, 5) is 11.1. The van der Waals surface area contributed by atoms with Crippen molar-refractivity contribution in [2.45, 2.75) is 27.3 Å². The van der Waals surface area contributed by atoms with E-state index in [-0.39, 0.29) is 0 Å². The van der Waals surface area contributed by atoms with Crippen LogP contribution in [0, 0.1) is 13.8 Å². The van der Waals surface area contributed by atoms with Crippen LogP contribution in [0.15, 0.2) is 41.4 Å². The van der Waals surface area contributed by atoms with E-state index in [9.17, 15) is 0 Å². The van der Waals surface area contributed by atoms with Crippen LogP contribution in [-0.4, -0.2) is 29.8 Å². The Morgan fingerprint density at radius 1 is 1.18 bits per heavy atom. The Labute approximate surface area is 132 Å². The highest BCUT2D eigenvalue weighted by Gasteiger charge is 2.02. The van der Waals surface area contributed by atoms with Gasteiger partial charge in [0.05, 0.1) is 17.7 Å². The summed E-state index contributed by atoms with van der Waals surface area (Å²) in [5.41, 5.74) is 4.40. The average Bonchev–Trinajstić information content (AvgIpc) is 2.53. The summed E-state index contributed by atoms with van der Waals surface area (Å²) < 4.78 is 0. The Bertz CT molecular complexity index is 649. The lowest BCUT2D eigenvalue weighted by atomic mass is 10.1. The van der Waals surface area contributed by atoms with E-state index < -0.39 is 0 Å². The molecule has 0 spiro atoms. The first kappa shape index (κ1) is 16.0. The minimum atomic E-state index is 0.778. The molecular formula is C18H24N4. The Morgan fingerprint density at radius 2 is 1.95 bits per heavy atom. The van der Waals surface area contributed by atoms with Crippen molar-refractivity contribution in [2.75, 3.05) is 18.9 Å². The highest BCUT2D eigenvalue weighted by atomic mass is 15.1. The van der Waals surface area contributed by atoms with Crippen molar-refractivity contribution < 1.29 is 0 Å². The van der Waals surface area contributed by atoms with Crippen molar-refractivity contribution in [3.05, 3.63) is 53.2 Å². The topological polar surface area (TPSA) is 40.5 Å². The first-order valence-corrected chi connectivity index (χ1v) is 7.60. The van der Waals surface area contributed by atoms with Gasteiger partial charge in [-0.1, -0.05) is 24.3 Å². The molecule has 0 aliphatic carbocycles. The highest BCUT2D eigenvalue weighted by Crippen LogP contribution is 2.19. The molecule has 1 heterocycles. The fraction of sp³-hybridized carbons (Fsp3) is 0.333. The fourth-order valence-corrected chi connectivity index (χ4v) is 2.03. The van der Waals surface area contributed by atoms with E-state index in [2.05, 4.69) is 53.4 Å². The predicted octanol–water partition coefficient (Wildman–Crippen LogP) is 3.92. The number of aryl methyl sites for hydroxylation is 2. The van der Waals surface area contributed by atoms with Crippen molar-refractivity contribution in [3.8, 4) is 0 Å². The molecular weight excluding hydrogens is 272 g/mol. The molecule has 0 radical (unpaired) electrons. The molecule has 0 atom stereocenters. The Morgan fingerprint density at radius 3 is 2.64 bits per heavy atom. The summed E-state index contributed by atoms with van der Waals surface area (Å²) >= 11 is 0. The third kappa shape index (κ3) is 4.32. The molecule has 0 bridgehead atoms. The van der Waals surface area contributed by atoms with Crippen LogP contribution in [0.5, 0.6) is 0 Å². The number of nitrogens with zero attached hydrogens (tertiary/aromatic N) is 3. The Kier molecular flexibility index (Phi) is 5.53. The standard InChI is InChI=1S/C18H24N4/c1-5-22(4)13-20-17-10-11-18(21-15(17)3)19-12-16-9-7-6-8-14(16)2/h6-11,13H,5,12H2,1-4H3,(H,19,21). The maximum Gasteiger partial charge on any atom is 0.126 e. The minimum absolute atomic E-state index is 0.778. The minimum Gasteiger partial charge on any atom is -0.366 e. The number of hydrogen-bond donors (Lipinski definition) is 1. The lowest BCUT2D eigenvalue weighted by Gasteiger charge is -2.11. The lowest BCUT2D eigenvalue weighted by molar-refractivity contribution is 0.552. The van der Waals surface area contributed by atoms with Crippen molar-refractivity contribution in [2.24, 2.45) is 4.99 Å². The van der Waals surface area contributed by atoms with E-state index in [0.29, 0.717) is 0 Å². The summed E-state index contributed by atoms with van der Waals surface area (Å²) in [6.07, 6.45) is 1.84. The molecule has 0 saturated carbocycles. The second-order valence-electron chi connectivity index (χ2n) is 5.40. The number of nitrogens with one attached hydrogen (secondary N) is 1. The zero-order chi connectivity index (χ0) is 15.9. The van der Waals surface area contributed by atoms with Gasteiger partial charge in [-0.3, -0.25) is 0 Å². The van der Waals surface area contributed by atoms with Gasteiger partial charge in [-0.05, 0) is 44.0 Å². The molecule has 2 aromatic rings. The van der Waals surface area contributed by atoms with Gasteiger partial charge in [0.2, 0.25) is 0 Å². The first-order valence-electron chi connectivity index (χ1n) is 7.60. The van der Waals surface area contributed by atoms with E-state index in [0.717, 1.165) is 30.3 Å². The van der Waals surface area contributed by atoms with Gasteiger partial charge >= 0.3 is 0 Å². The smallest absolute Gasteiger partial charge is 0.126 e. The van der Waals surface area contributed by atoms with Crippen molar-refractivity contribution in [1.82, 2.24) is 9.88 Å². The molecule has 0 aliphatic heterocycles. The van der Waals surface area contributed by atoms with Crippen LogP contribution >= 0.6 is 0 Å². The van der Waals surface area contributed by atoms with Gasteiger partial charge in [-0.25, -0.2) is 9.98 Å². The normalized spacial score (nSPS) is 10.9. The zero-order valence-electron chi connectivity index (χ0n) is 13.8. The molecule has 0 saturated heterocycles. The lowest BCUT2D eigenvalue weighted by Crippen LogP contribution is -2.14. The Hall–Kier alpha value is -2.36. The second kappa shape index (κ2) is 7.59. The SMILES string of the molecule is CCN(C)C=Nc1ccc(NCc2ccccc2C)nc1C. The van der Waals surface area contributed by atoms with E-state index in [1.807, 2.05) is 37.3 Å². The summed E-state index contributed by atoms with van der Waals surface area (Å²) in [6.45, 7) is 7.91. The molecule has 1 aromatic heterocycles. The van der Waals surface area contributed by atoms with Crippen molar-refractivity contribution in [3.63, 3.8) is 0 Å². The number of aromatic nitrogens is 1.